The third-order valence-electron chi connectivity index (χ3n) is 5.41. The summed E-state index contributed by atoms with van der Waals surface area (Å²) in [4.78, 5) is 30.7. The van der Waals surface area contributed by atoms with E-state index in [-0.39, 0.29) is 11.5 Å². The van der Waals surface area contributed by atoms with E-state index in [1.807, 2.05) is 29.6 Å². The molecule has 0 unspecified atom stereocenters. The molecule has 0 saturated heterocycles. The number of ether oxygens (including phenoxy) is 1. The minimum Gasteiger partial charge on any atom is -0.462 e. The van der Waals surface area contributed by atoms with Crippen molar-refractivity contribution in [3.63, 3.8) is 0 Å². The summed E-state index contributed by atoms with van der Waals surface area (Å²) in [5.41, 5.74) is 3.10. The van der Waals surface area contributed by atoms with Gasteiger partial charge in [-0.3, -0.25) is 9.36 Å². The molecule has 5 rings (SSSR count). The summed E-state index contributed by atoms with van der Waals surface area (Å²) >= 11 is 1.47. The zero-order chi connectivity index (χ0) is 22.1. The number of benzene rings is 3. The lowest BCUT2D eigenvalue weighted by atomic mass is 10.0. The van der Waals surface area contributed by atoms with E-state index in [9.17, 15) is 9.59 Å². The molecule has 0 aliphatic heterocycles. The van der Waals surface area contributed by atoms with E-state index in [2.05, 4.69) is 29.2 Å². The largest absolute Gasteiger partial charge is 0.462 e. The number of esters is 1. The van der Waals surface area contributed by atoms with Crippen LogP contribution in [0.1, 0.15) is 22.8 Å². The van der Waals surface area contributed by atoms with Gasteiger partial charge in [-0.1, -0.05) is 48.5 Å². The maximum Gasteiger partial charge on any atom is 0.338 e. The number of hydrogen-bond acceptors (Lipinski definition) is 5. The van der Waals surface area contributed by atoms with Crippen LogP contribution in [-0.2, 0) is 11.3 Å². The predicted octanol–water partition coefficient (Wildman–Crippen LogP) is 5.50. The molecule has 6 heteroatoms. The van der Waals surface area contributed by atoms with Crippen molar-refractivity contribution in [3.05, 3.63) is 99.9 Å². The first-order valence-corrected chi connectivity index (χ1v) is 11.2. The van der Waals surface area contributed by atoms with Gasteiger partial charge in [0, 0.05) is 10.9 Å². The third kappa shape index (κ3) is 3.69. The van der Waals surface area contributed by atoms with Crippen LogP contribution in [0.15, 0.2) is 83.2 Å². The maximum absolute atomic E-state index is 13.4. The molecule has 2 heterocycles. The molecule has 5 nitrogen and oxygen atoms in total. The van der Waals surface area contributed by atoms with Crippen LogP contribution in [0.4, 0.5) is 0 Å². The normalized spacial score (nSPS) is 11.2. The monoisotopic (exact) mass is 440 g/mol. The van der Waals surface area contributed by atoms with Crippen molar-refractivity contribution in [1.29, 1.82) is 0 Å². The standard InChI is InChI=1S/C26H20N2O3S/c1-2-31-26(30)21-9-5-6-17(12-21)14-28-16-27-24-23(25(28)29)22(15-32-24)20-11-10-18-7-3-4-8-19(18)13-20/h3-13,15-16H,2,14H2,1H3. The van der Waals surface area contributed by atoms with Gasteiger partial charge in [-0.2, -0.15) is 0 Å². The Morgan fingerprint density at radius 3 is 2.72 bits per heavy atom. The number of nitrogens with zero attached hydrogens (tertiary/aromatic N) is 2. The molecule has 0 fully saturated rings. The average molecular weight is 441 g/mol. The van der Waals surface area contributed by atoms with E-state index in [4.69, 9.17) is 4.74 Å². The zero-order valence-corrected chi connectivity index (χ0v) is 18.3. The second-order valence-corrected chi connectivity index (χ2v) is 8.35. The van der Waals surface area contributed by atoms with E-state index in [0.29, 0.717) is 24.1 Å². The van der Waals surface area contributed by atoms with Crippen molar-refractivity contribution in [3.8, 4) is 11.1 Å². The number of carbonyl (C=O) groups is 1. The first kappa shape index (κ1) is 20.2. The van der Waals surface area contributed by atoms with Crippen molar-refractivity contribution in [2.24, 2.45) is 0 Å². The van der Waals surface area contributed by atoms with Crippen LogP contribution in [0.2, 0.25) is 0 Å². The fourth-order valence-electron chi connectivity index (χ4n) is 3.86. The van der Waals surface area contributed by atoms with Crippen LogP contribution in [0, 0.1) is 0 Å². The Balaban J connectivity index is 1.55. The fraction of sp³-hybridized carbons (Fsp3) is 0.115. The Kier molecular flexibility index (Phi) is 5.29. The quantitative estimate of drug-likeness (QED) is 0.339. The summed E-state index contributed by atoms with van der Waals surface area (Å²) in [6.07, 6.45) is 1.57. The molecule has 158 valence electrons. The number of aromatic nitrogens is 2. The highest BCUT2D eigenvalue weighted by molar-refractivity contribution is 7.17. The number of hydrogen-bond donors (Lipinski definition) is 0. The molecule has 0 aliphatic carbocycles. The Morgan fingerprint density at radius 1 is 1.03 bits per heavy atom. The van der Waals surface area contributed by atoms with E-state index < -0.39 is 0 Å². The fourth-order valence-corrected chi connectivity index (χ4v) is 4.76. The Labute approximate surface area is 188 Å². The topological polar surface area (TPSA) is 61.2 Å². The second kappa shape index (κ2) is 8.40. The average Bonchev–Trinajstić information content (AvgIpc) is 3.26. The number of fused-ring (bicyclic) bond motifs is 2. The van der Waals surface area contributed by atoms with Crippen LogP contribution in [0.25, 0.3) is 32.1 Å². The number of rotatable bonds is 5. The molecule has 2 aromatic heterocycles. The van der Waals surface area contributed by atoms with Crippen LogP contribution in [0.3, 0.4) is 0 Å². The third-order valence-corrected chi connectivity index (χ3v) is 6.30. The van der Waals surface area contributed by atoms with Crippen molar-refractivity contribution in [2.45, 2.75) is 13.5 Å². The SMILES string of the molecule is CCOC(=O)c1cccc(Cn2cnc3scc(-c4ccc5ccccc5c4)c3c2=O)c1. The van der Waals surface area contributed by atoms with Crippen LogP contribution in [0.5, 0.6) is 0 Å². The molecule has 0 spiro atoms. The van der Waals surface area contributed by atoms with E-state index in [1.165, 1.54) is 11.3 Å². The molecular formula is C26H20N2O3S. The molecule has 0 aliphatic rings. The molecule has 0 atom stereocenters. The highest BCUT2D eigenvalue weighted by Crippen LogP contribution is 2.32. The van der Waals surface area contributed by atoms with E-state index in [1.54, 1.807) is 36.0 Å². The lowest BCUT2D eigenvalue weighted by Gasteiger charge is -2.08. The summed E-state index contributed by atoms with van der Waals surface area (Å²) < 4.78 is 6.67. The van der Waals surface area contributed by atoms with E-state index >= 15 is 0 Å². The molecule has 3 aromatic carbocycles. The van der Waals surface area contributed by atoms with Gasteiger partial charge in [-0.05, 0) is 47.0 Å². The zero-order valence-electron chi connectivity index (χ0n) is 17.4. The summed E-state index contributed by atoms with van der Waals surface area (Å²) in [6.45, 7) is 2.41. The second-order valence-electron chi connectivity index (χ2n) is 7.49. The van der Waals surface area contributed by atoms with Gasteiger partial charge in [0.1, 0.15) is 4.83 Å². The predicted molar refractivity (Wildman–Crippen MR) is 128 cm³/mol. The van der Waals surface area contributed by atoms with Crippen molar-refractivity contribution in [2.75, 3.05) is 6.61 Å². The maximum atomic E-state index is 13.4. The Hall–Kier alpha value is -3.77. The molecule has 32 heavy (non-hydrogen) atoms. The highest BCUT2D eigenvalue weighted by atomic mass is 32.1. The van der Waals surface area contributed by atoms with Gasteiger partial charge in [-0.15, -0.1) is 11.3 Å². The van der Waals surface area contributed by atoms with Gasteiger partial charge in [0.25, 0.3) is 5.56 Å². The Bertz CT molecular complexity index is 1520. The smallest absolute Gasteiger partial charge is 0.338 e. The van der Waals surface area contributed by atoms with Gasteiger partial charge >= 0.3 is 5.97 Å². The molecule has 5 aromatic rings. The van der Waals surface area contributed by atoms with Gasteiger partial charge in [-0.25, -0.2) is 9.78 Å². The molecule has 0 bridgehead atoms. The molecular weight excluding hydrogens is 420 g/mol. The summed E-state index contributed by atoms with van der Waals surface area (Å²) in [5, 5.41) is 4.90. The van der Waals surface area contributed by atoms with Gasteiger partial charge in [0.05, 0.1) is 30.4 Å². The first-order chi connectivity index (χ1) is 15.6. The lowest BCUT2D eigenvalue weighted by molar-refractivity contribution is 0.0526. The van der Waals surface area contributed by atoms with Gasteiger partial charge in [0.15, 0.2) is 0 Å². The first-order valence-electron chi connectivity index (χ1n) is 10.4. The molecule has 0 amide bonds. The highest BCUT2D eigenvalue weighted by Gasteiger charge is 2.14. The molecule has 0 N–H and O–H groups in total. The van der Waals surface area contributed by atoms with Crippen molar-refractivity contribution in [1.82, 2.24) is 9.55 Å². The lowest BCUT2D eigenvalue weighted by Crippen LogP contribution is -2.21. The van der Waals surface area contributed by atoms with Gasteiger partial charge in [0.2, 0.25) is 0 Å². The minimum absolute atomic E-state index is 0.0963. The van der Waals surface area contributed by atoms with Crippen molar-refractivity contribution >= 4 is 38.3 Å². The minimum atomic E-state index is -0.369. The van der Waals surface area contributed by atoms with Gasteiger partial charge < -0.3 is 4.74 Å². The summed E-state index contributed by atoms with van der Waals surface area (Å²) in [5.74, 6) is -0.369. The number of carbonyl (C=O) groups excluding carboxylic acids is 1. The van der Waals surface area contributed by atoms with Crippen LogP contribution in [-0.4, -0.2) is 22.1 Å². The molecule has 0 radical (unpaired) electrons. The van der Waals surface area contributed by atoms with E-state index in [0.717, 1.165) is 32.3 Å². The Morgan fingerprint density at radius 2 is 1.88 bits per heavy atom. The van der Waals surface area contributed by atoms with Crippen LogP contribution >= 0.6 is 11.3 Å². The molecule has 0 saturated carbocycles. The number of thiophene rings is 1. The van der Waals surface area contributed by atoms with Crippen LogP contribution < -0.4 is 5.56 Å². The van der Waals surface area contributed by atoms with Crippen molar-refractivity contribution < 1.29 is 9.53 Å². The summed E-state index contributed by atoms with van der Waals surface area (Å²) in [7, 11) is 0. The summed E-state index contributed by atoms with van der Waals surface area (Å²) in [6, 6.07) is 21.5.